The lowest BCUT2D eigenvalue weighted by Crippen LogP contribution is -2.29. The van der Waals surface area contributed by atoms with Crippen LogP contribution in [0.2, 0.25) is 0 Å². The normalized spacial score (nSPS) is 23.6. The molecule has 2 aromatic heterocycles. The number of pyridine rings is 1. The molecule has 0 unspecified atom stereocenters. The Balaban J connectivity index is 1.24. The SMILES string of the molecule is C[C@@H](Nc1nnc(C2CC2)o1)C1CCC(c2ccnc3ccc(F)cc23)CC1. The summed E-state index contributed by atoms with van der Waals surface area (Å²) < 4.78 is 19.5. The lowest BCUT2D eigenvalue weighted by Gasteiger charge is -2.32. The van der Waals surface area contributed by atoms with Crippen molar-refractivity contribution in [1.29, 1.82) is 0 Å². The summed E-state index contributed by atoms with van der Waals surface area (Å²) in [4.78, 5) is 4.39. The standard InChI is InChI=1S/C22H25FN4O/c1-13(25-22-27-26-21(28-22)16-6-7-16)14-2-4-15(5-3-14)18-10-11-24-20-9-8-17(23)12-19(18)20/h8-16H,2-7H2,1H3,(H,25,27)/t13-,14?,15?/m1/s1. The molecule has 0 bridgehead atoms. The van der Waals surface area contributed by atoms with Crippen LogP contribution < -0.4 is 5.32 Å². The monoisotopic (exact) mass is 380 g/mol. The number of rotatable bonds is 5. The van der Waals surface area contributed by atoms with E-state index >= 15 is 0 Å². The van der Waals surface area contributed by atoms with Gasteiger partial charge in [-0.1, -0.05) is 5.10 Å². The highest BCUT2D eigenvalue weighted by molar-refractivity contribution is 5.82. The first kappa shape index (κ1) is 17.6. The van der Waals surface area contributed by atoms with Gasteiger partial charge in [-0.3, -0.25) is 4.98 Å². The molecule has 3 aromatic rings. The van der Waals surface area contributed by atoms with Crippen molar-refractivity contribution >= 4 is 16.9 Å². The van der Waals surface area contributed by atoms with Crippen LogP contribution in [0.15, 0.2) is 34.9 Å². The predicted molar refractivity (Wildman–Crippen MR) is 106 cm³/mol. The van der Waals surface area contributed by atoms with Crippen molar-refractivity contribution in [1.82, 2.24) is 15.2 Å². The van der Waals surface area contributed by atoms with E-state index in [0.717, 1.165) is 55.3 Å². The van der Waals surface area contributed by atoms with Gasteiger partial charge in [-0.2, -0.15) is 0 Å². The number of fused-ring (bicyclic) bond motifs is 1. The molecule has 5 nitrogen and oxygen atoms in total. The molecule has 5 rings (SSSR count). The Labute approximate surface area is 163 Å². The molecular weight excluding hydrogens is 355 g/mol. The molecule has 2 fully saturated rings. The largest absolute Gasteiger partial charge is 0.408 e. The second-order valence-corrected chi connectivity index (χ2v) is 8.33. The molecule has 6 heteroatoms. The van der Waals surface area contributed by atoms with E-state index in [4.69, 9.17) is 4.42 Å². The van der Waals surface area contributed by atoms with E-state index < -0.39 is 0 Å². The molecule has 0 spiro atoms. The number of halogens is 1. The molecular formula is C22H25FN4O. The summed E-state index contributed by atoms with van der Waals surface area (Å²) in [5, 5.41) is 12.7. The fraction of sp³-hybridized carbons (Fsp3) is 0.500. The number of nitrogens with one attached hydrogen (secondary N) is 1. The van der Waals surface area contributed by atoms with Crippen molar-refractivity contribution < 1.29 is 8.81 Å². The molecule has 0 amide bonds. The van der Waals surface area contributed by atoms with Crippen molar-refractivity contribution in [3.05, 3.63) is 47.7 Å². The molecule has 1 aromatic carbocycles. The van der Waals surface area contributed by atoms with E-state index in [0.29, 0.717) is 29.8 Å². The Hall–Kier alpha value is -2.50. The maximum atomic E-state index is 13.8. The van der Waals surface area contributed by atoms with Crippen molar-refractivity contribution in [2.45, 2.75) is 63.3 Å². The molecule has 2 aliphatic carbocycles. The minimum Gasteiger partial charge on any atom is -0.408 e. The zero-order chi connectivity index (χ0) is 19.1. The second-order valence-electron chi connectivity index (χ2n) is 8.33. The Morgan fingerprint density at radius 1 is 1.04 bits per heavy atom. The minimum atomic E-state index is -0.196. The molecule has 0 radical (unpaired) electrons. The molecule has 28 heavy (non-hydrogen) atoms. The summed E-state index contributed by atoms with van der Waals surface area (Å²) in [6, 6.07) is 7.78. The van der Waals surface area contributed by atoms with E-state index in [1.54, 1.807) is 12.1 Å². The van der Waals surface area contributed by atoms with Crippen LogP contribution in [0, 0.1) is 11.7 Å². The van der Waals surface area contributed by atoms with Gasteiger partial charge in [-0.25, -0.2) is 4.39 Å². The molecule has 2 saturated carbocycles. The Morgan fingerprint density at radius 2 is 1.82 bits per heavy atom. The third-order valence-corrected chi connectivity index (χ3v) is 6.37. The highest BCUT2D eigenvalue weighted by atomic mass is 19.1. The number of aromatic nitrogens is 3. The predicted octanol–water partition coefficient (Wildman–Crippen LogP) is 5.41. The third kappa shape index (κ3) is 3.48. The summed E-state index contributed by atoms with van der Waals surface area (Å²) >= 11 is 0. The number of hydrogen-bond acceptors (Lipinski definition) is 5. The van der Waals surface area contributed by atoms with Crippen molar-refractivity contribution in [3.63, 3.8) is 0 Å². The van der Waals surface area contributed by atoms with Crippen LogP contribution >= 0.6 is 0 Å². The first-order valence-electron chi connectivity index (χ1n) is 10.3. The Kier molecular flexibility index (Phi) is 4.49. The van der Waals surface area contributed by atoms with Gasteiger partial charge in [0.25, 0.3) is 0 Å². The molecule has 146 valence electrons. The highest BCUT2D eigenvalue weighted by Crippen LogP contribution is 2.41. The van der Waals surface area contributed by atoms with E-state index in [2.05, 4.69) is 33.5 Å². The third-order valence-electron chi connectivity index (χ3n) is 6.37. The molecule has 0 saturated heterocycles. The van der Waals surface area contributed by atoms with Crippen LogP contribution in [0.25, 0.3) is 10.9 Å². The fourth-order valence-corrected chi connectivity index (χ4v) is 4.53. The van der Waals surface area contributed by atoms with Crippen LogP contribution in [0.3, 0.4) is 0 Å². The van der Waals surface area contributed by atoms with Gasteiger partial charge in [-0.05, 0) is 87.1 Å². The molecule has 0 aliphatic heterocycles. The summed E-state index contributed by atoms with van der Waals surface area (Å²) in [6.45, 7) is 2.20. The second kappa shape index (κ2) is 7.15. The first-order chi connectivity index (χ1) is 13.7. The highest BCUT2D eigenvalue weighted by Gasteiger charge is 2.31. The van der Waals surface area contributed by atoms with Crippen LogP contribution in [0.1, 0.15) is 68.7 Å². The van der Waals surface area contributed by atoms with Gasteiger partial charge in [-0.15, -0.1) is 5.10 Å². The molecule has 1 N–H and O–H groups in total. The van der Waals surface area contributed by atoms with Crippen LogP contribution in [-0.2, 0) is 0 Å². The average molecular weight is 380 g/mol. The van der Waals surface area contributed by atoms with E-state index in [9.17, 15) is 4.39 Å². The zero-order valence-corrected chi connectivity index (χ0v) is 16.1. The topological polar surface area (TPSA) is 63.8 Å². The Bertz CT molecular complexity index is 976. The summed E-state index contributed by atoms with van der Waals surface area (Å²) in [5.41, 5.74) is 2.11. The van der Waals surface area contributed by atoms with Crippen LogP contribution in [0.4, 0.5) is 10.4 Å². The van der Waals surface area contributed by atoms with Gasteiger partial charge in [0.1, 0.15) is 5.82 Å². The smallest absolute Gasteiger partial charge is 0.315 e. The zero-order valence-electron chi connectivity index (χ0n) is 16.1. The van der Waals surface area contributed by atoms with Crippen LogP contribution in [0.5, 0.6) is 0 Å². The Morgan fingerprint density at radius 3 is 2.61 bits per heavy atom. The van der Waals surface area contributed by atoms with Gasteiger partial charge < -0.3 is 9.73 Å². The number of nitrogens with zero attached hydrogens (tertiary/aromatic N) is 3. The molecule has 1 atom stereocenters. The van der Waals surface area contributed by atoms with E-state index in [1.165, 1.54) is 11.6 Å². The maximum Gasteiger partial charge on any atom is 0.315 e. The summed E-state index contributed by atoms with van der Waals surface area (Å²) in [6.07, 6.45) is 8.62. The maximum absolute atomic E-state index is 13.8. The van der Waals surface area contributed by atoms with Gasteiger partial charge in [0.05, 0.1) is 5.52 Å². The first-order valence-corrected chi connectivity index (χ1v) is 10.3. The van der Waals surface area contributed by atoms with Crippen molar-refractivity contribution in [3.8, 4) is 0 Å². The number of anilines is 1. The van der Waals surface area contributed by atoms with Crippen molar-refractivity contribution in [2.24, 2.45) is 5.92 Å². The molecule has 2 heterocycles. The lowest BCUT2D eigenvalue weighted by molar-refractivity contribution is 0.299. The molecule has 2 aliphatic rings. The van der Waals surface area contributed by atoms with Gasteiger partial charge in [0.15, 0.2) is 0 Å². The van der Waals surface area contributed by atoms with E-state index in [1.807, 2.05) is 6.20 Å². The summed E-state index contributed by atoms with van der Waals surface area (Å²) in [7, 11) is 0. The lowest BCUT2D eigenvalue weighted by atomic mass is 9.75. The fourth-order valence-electron chi connectivity index (χ4n) is 4.53. The van der Waals surface area contributed by atoms with Gasteiger partial charge >= 0.3 is 6.01 Å². The minimum absolute atomic E-state index is 0.196. The quantitative estimate of drug-likeness (QED) is 0.641. The van der Waals surface area contributed by atoms with Gasteiger partial charge in [0, 0.05) is 23.5 Å². The average Bonchev–Trinajstić information content (AvgIpc) is 3.47. The summed E-state index contributed by atoms with van der Waals surface area (Å²) in [5.74, 6) is 2.08. The number of benzene rings is 1. The van der Waals surface area contributed by atoms with Crippen LogP contribution in [-0.4, -0.2) is 21.2 Å². The van der Waals surface area contributed by atoms with E-state index in [-0.39, 0.29) is 5.82 Å². The van der Waals surface area contributed by atoms with Crippen molar-refractivity contribution in [2.75, 3.05) is 5.32 Å². The van der Waals surface area contributed by atoms with Gasteiger partial charge in [0.2, 0.25) is 5.89 Å². The number of hydrogen-bond donors (Lipinski definition) is 1.